The van der Waals surface area contributed by atoms with E-state index < -0.39 is 14.9 Å². The zero-order valence-corrected chi connectivity index (χ0v) is 13.2. The highest BCUT2D eigenvalue weighted by Gasteiger charge is 2.18. The van der Waals surface area contributed by atoms with Gasteiger partial charge in [-0.05, 0) is 26.8 Å². The molecule has 0 aliphatic heterocycles. The largest absolute Gasteiger partial charge is 0.311 e. The van der Waals surface area contributed by atoms with Crippen molar-refractivity contribution in [2.75, 3.05) is 19.3 Å². The van der Waals surface area contributed by atoms with Crippen molar-refractivity contribution in [1.82, 2.24) is 15.0 Å². The highest BCUT2D eigenvalue weighted by atomic mass is 32.2. The molecule has 0 fully saturated rings. The molecule has 0 aromatic carbocycles. The van der Waals surface area contributed by atoms with Gasteiger partial charge in [-0.25, -0.2) is 13.1 Å². The van der Waals surface area contributed by atoms with E-state index in [1.165, 1.54) is 6.20 Å². The Bertz CT molecular complexity index is 616. The van der Waals surface area contributed by atoms with Crippen LogP contribution >= 0.6 is 0 Å². The number of hydrogen-bond acceptors (Lipinski definition) is 6. The molecule has 0 bridgehead atoms. The van der Waals surface area contributed by atoms with Crippen molar-refractivity contribution >= 4 is 15.7 Å². The van der Waals surface area contributed by atoms with E-state index >= 15 is 0 Å². The van der Waals surface area contributed by atoms with Crippen LogP contribution in [0.2, 0.25) is 0 Å². The smallest absolute Gasteiger partial charge is 0.278 e. The van der Waals surface area contributed by atoms with Crippen molar-refractivity contribution in [3.8, 4) is 0 Å². The summed E-state index contributed by atoms with van der Waals surface area (Å²) in [5.74, 6) is 0. The Morgan fingerprint density at radius 1 is 1.33 bits per heavy atom. The molecule has 0 aliphatic rings. The fourth-order valence-corrected chi connectivity index (χ4v) is 2.42. The van der Waals surface area contributed by atoms with E-state index in [-0.39, 0.29) is 5.69 Å². The molecule has 0 amide bonds. The summed E-state index contributed by atoms with van der Waals surface area (Å²) in [6.45, 7) is 4.69. The maximum Gasteiger partial charge on any atom is 0.278 e. The Morgan fingerprint density at radius 3 is 2.57 bits per heavy atom. The first kappa shape index (κ1) is 17.5. The average molecular weight is 316 g/mol. The molecule has 0 spiro atoms. The van der Waals surface area contributed by atoms with Crippen LogP contribution in [0.1, 0.15) is 23.2 Å². The second-order valence-electron chi connectivity index (χ2n) is 4.82. The molecule has 2 N–H and O–H groups in total. The van der Waals surface area contributed by atoms with Crippen LogP contribution in [0.25, 0.3) is 0 Å². The number of aromatic nitrogens is 1. The second-order valence-corrected chi connectivity index (χ2v) is 6.65. The van der Waals surface area contributed by atoms with Crippen LogP contribution in [-0.4, -0.2) is 37.7 Å². The zero-order valence-electron chi connectivity index (χ0n) is 12.3. The standard InChI is InChI=1S/C12H20N4O4S/c1-9-7-14-11(10(2)12(9)16(17)18)8-13-5-4-6-15-21(3,19)20/h7,13,15H,4-6,8H2,1-3H3. The number of nitrogens with one attached hydrogen (secondary N) is 2. The summed E-state index contributed by atoms with van der Waals surface area (Å²) in [6, 6.07) is 0. The molecule has 8 nitrogen and oxygen atoms in total. The van der Waals surface area contributed by atoms with Gasteiger partial charge >= 0.3 is 0 Å². The first-order chi connectivity index (χ1) is 9.72. The monoisotopic (exact) mass is 316 g/mol. The average Bonchev–Trinajstić information content (AvgIpc) is 2.34. The summed E-state index contributed by atoms with van der Waals surface area (Å²) in [6.07, 6.45) is 3.23. The predicted octanol–water partition coefficient (Wildman–Crippen LogP) is 0.636. The number of sulfonamides is 1. The van der Waals surface area contributed by atoms with Crippen LogP contribution in [-0.2, 0) is 16.6 Å². The molecule has 9 heteroatoms. The molecule has 1 aromatic rings. The Balaban J connectivity index is 2.50. The summed E-state index contributed by atoms with van der Waals surface area (Å²) in [5, 5.41) is 14.1. The van der Waals surface area contributed by atoms with Gasteiger partial charge in [0.1, 0.15) is 0 Å². The lowest BCUT2D eigenvalue weighted by atomic mass is 10.1. The Kier molecular flexibility index (Phi) is 6.19. The summed E-state index contributed by atoms with van der Waals surface area (Å²) in [7, 11) is -3.16. The molecule has 0 saturated carbocycles. The fraction of sp³-hybridized carbons (Fsp3) is 0.583. The van der Waals surface area contributed by atoms with Crippen LogP contribution in [0.3, 0.4) is 0 Å². The number of pyridine rings is 1. The Hall–Kier alpha value is -1.58. The first-order valence-corrected chi connectivity index (χ1v) is 8.36. The molecule has 0 atom stereocenters. The zero-order chi connectivity index (χ0) is 16.0. The summed E-state index contributed by atoms with van der Waals surface area (Å²) in [5.41, 5.74) is 1.82. The number of aryl methyl sites for hydroxylation is 1. The van der Waals surface area contributed by atoms with Gasteiger partial charge in [-0.1, -0.05) is 0 Å². The normalized spacial score (nSPS) is 11.6. The third kappa shape index (κ3) is 5.74. The molecule has 0 aliphatic carbocycles. The molecule has 1 aromatic heterocycles. The molecule has 1 rings (SSSR count). The molecular formula is C12H20N4O4S. The predicted molar refractivity (Wildman–Crippen MR) is 79.5 cm³/mol. The second kappa shape index (κ2) is 7.43. The third-order valence-corrected chi connectivity index (χ3v) is 3.67. The van der Waals surface area contributed by atoms with Crippen LogP contribution in [0.5, 0.6) is 0 Å². The van der Waals surface area contributed by atoms with Gasteiger partial charge in [-0.15, -0.1) is 0 Å². The van der Waals surface area contributed by atoms with Gasteiger partial charge in [0, 0.05) is 30.4 Å². The topological polar surface area (TPSA) is 114 Å². The van der Waals surface area contributed by atoms with Crippen LogP contribution in [0.4, 0.5) is 5.69 Å². The van der Waals surface area contributed by atoms with Crippen molar-refractivity contribution in [2.45, 2.75) is 26.8 Å². The van der Waals surface area contributed by atoms with E-state index in [9.17, 15) is 18.5 Å². The third-order valence-electron chi connectivity index (χ3n) is 2.95. The maximum absolute atomic E-state index is 11.0. The summed E-state index contributed by atoms with van der Waals surface area (Å²) in [4.78, 5) is 14.8. The van der Waals surface area contributed by atoms with Crippen LogP contribution in [0.15, 0.2) is 6.20 Å². The lowest BCUT2D eigenvalue weighted by molar-refractivity contribution is -0.386. The van der Waals surface area contributed by atoms with Crippen molar-refractivity contribution < 1.29 is 13.3 Å². The number of hydrogen-bond donors (Lipinski definition) is 2. The lowest BCUT2D eigenvalue weighted by Gasteiger charge is -2.09. The first-order valence-electron chi connectivity index (χ1n) is 6.47. The molecule has 0 radical (unpaired) electrons. The van der Waals surface area contributed by atoms with E-state index in [0.717, 1.165) is 6.26 Å². The number of rotatable bonds is 8. The van der Waals surface area contributed by atoms with Gasteiger partial charge in [-0.2, -0.15) is 0 Å². The van der Waals surface area contributed by atoms with Crippen LogP contribution < -0.4 is 10.0 Å². The van der Waals surface area contributed by atoms with Crippen molar-refractivity contribution in [3.63, 3.8) is 0 Å². The van der Waals surface area contributed by atoms with Crippen LogP contribution in [0, 0.1) is 24.0 Å². The van der Waals surface area contributed by atoms with Crippen molar-refractivity contribution in [3.05, 3.63) is 33.1 Å². The molecular weight excluding hydrogens is 296 g/mol. The van der Waals surface area contributed by atoms with Gasteiger partial charge in [-0.3, -0.25) is 15.1 Å². The summed E-state index contributed by atoms with van der Waals surface area (Å²) < 4.78 is 24.1. The highest BCUT2D eigenvalue weighted by Crippen LogP contribution is 2.23. The molecule has 1 heterocycles. The van der Waals surface area contributed by atoms with E-state index in [1.54, 1.807) is 13.8 Å². The quantitative estimate of drug-likeness (QED) is 0.413. The Labute approximate surface area is 124 Å². The van der Waals surface area contributed by atoms with E-state index in [4.69, 9.17) is 0 Å². The van der Waals surface area contributed by atoms with Gasteiger partial charge in [0.05, 0.1) is 16.9 Å². The minimum Gasteiger partial charge on any atom is -0.311 e. The van der Waals surface area contributed by atoms with Gasteiger partial charge in [0.15, 0.2) is 0 Å². The van der Waals surface area contributed by atoms with E-state index in [2.05, 4.69) is 15.0 Å². The number of nitro groups is 1. The fourth-order valence-electron chi connectivity index (χ4n) is 1.90. The van der Waals surface area contributed by atoms with Crippen molar-refractivity contribution in [2.24, 2.45) is 0 Å². The van der Waals surface area contributed by atoms with Gasteiger partial charge in [0.25, 0.3) is 5.69 Å². The molecule has 0 saturated heterocycles. The molecule has 118 valence electrons. The van der Waals surface area contributed by atoms with E-state index in [0.29, 0.717) is 42.9 Å². The van der Waals surface area contributed by atoms with Crippen molar-refractivity contribution in [1.29, 1.82) is 0 Å². The Morgan fingerprint density at radius 2 is 2.00 bits per heavy atom. The highest BCUT2D eigenvalue weighted by molar-refractivity contribution is 7.88. The van der Waals surface area contributed by atoms with E-state index in [1.807, 2.05) is 0 Å². The number of nitrogens with zero attached hydrogens (tertiary/aromatic N) is 2. The minimum atomic E-state index is -3.16. The van der Waals surface area contributed by atoms with Gasteiger partial charge in [0.2, 0.25) is 10.0 Å². The lowest BCUT2D eigenvalue weighted by Crippen LogP contribution is -2.26. The molecule has 21 heavy (non-hydrogen) atoms. The summed E-state index contributed by atoms with van der Waals surface area (Å²) >= 11 is 0. The maximum atomic E-state index is 11.0. The van der Waals surface area contributed by atoms with Gasteiger partial charge < -0.3 is 5.32 Å². The molecule has 0 unspecified atom stereocenters. The minimum absolute atomic E-state index is 0.0977. The SMILES string of the molecule is Cc1cnc(CNCCCNS(C)(=O)=O)c(C)c1[N+](=O)[O-].